The number of aryl methyl sites for hydroxylation is 1. The number of guanidine groups is 1. The van der Waals surface area contributed by atoms with Crippen LogP contribution in [0.3, 0.4) is 0 Å². The van der Waals surface area contributed by atoms with E-state index in [1.54, 1.807) is 6.08 Å². The van der Waals surface area contributed by atoms with Crippen LogP contribution in [0, 0.1) is 0 Å². The molecular weight excluding hydrogens is 499 g/mol. The maximum atomic E-state index is 5.74. The molecule has 1 fully saturated rings. The Labute approximate surface area is 194 Å². The van der Waals surface area contributed by atoms with Crippen LogP contribution >= 0.6 is 35.5 Å². The van der Waals surface area contributed by atoms with Gasteiger partial charge in [-0.25, -0.2) is 4.98 Å². The van der Waals surface area contributed by atoms with Crippen molar-refractivity contribution < 1.29 is 4.74 Å². The van der Waals surface area contributed by atoms with E-state index >= 15 is 0 Å². The topological polar surface area (TPSA) is 65.9 Å². The fraction of sp³-hybridized carbons (Fsp3) is 0.450. The van der Waals surface area contributed by atoms with Crippen molar-refractivity contribution in [1.82, 2.24) is 19.6 Å². The fourth-order valence-electron chi connectivity index (χ4n) is 3.07. The molecule has 0 unspecified atom stereocenters. The number of aromatic nitrogens is 2. The molecule has 0 spiro atoms. The number of piperazine rings is 1. The normalized spacial score (nSPS) is 14.3. The summed E-state index contributed by atoms with van der Waals surface area (Å²) in [5.41, 5.74) is 1.10. The fourth-order valence-corrected chi connectivity index (χ4v) is 3.87. The van der Waals surface area contributed by atoms with Gasteiger partial charge in [0.25, 0.3) is 0 Å². The smallest absolute Gasteiger partial charge is 0.205 e. The number of nitrogens with one attached hydrogen (secondary N) is 1. The van der Waals surface area contributed by atoms with Gasteiger partial charge in [0.2, 0.25) is 5.13 Å². The second-order valence-electron chi connectivity index (χ2n) is 6.43. The van der Waals surface area contributed by atoms with Crippen LogP contribution in [-0.2, 0) is 13.0 Å². The second kappa shape index (κ2) is 12.0. The summed E-state index contributed by atoms with van der Waals surface area (Å²) in [6.45, 7) is 10.6. The molecule has 1 saturated heterocycles. The monoisotopic (exact) mass is 528 g/mol. The third kappa shape index (κ3) is 6.30. The van der Waals surface area contributed by atoms with E-state index in [0.29, 0.717) is 13.2 Å². The van der Waals surface area contributed by atoms with Crippen LogP contribution in [0.4, 0.5) is 5.13 Å². The van der Waals surface area contributed by atoms with Crippen molar-refractivity contribution in [3.63, 3.8) is 0 Å². The van der Waals surface area contributed by atoms with Gasteiger partial charge in [-0.2, -0.15) is 4.37 Å². The molecule has 1 aliphatic heterocycles. The van der Waals surface area contributed by atoms with Crippen LogP contribution in [0.5, 0.6) is 5.75 Å². The molecule has 158 valence electrons. The first-order chi connectivity index (χ1) is 13.7. The van der Waals surface area contributed by atoms with Gasteiger partial charge in [-0.3, -0.25) is 4.99 Å². The van der Waals surface area contributed by atoms with Gasteiger partial charge >= 0.3 is 0 Å². The summed E-state index contributed by atoms with van der Waals surface area (Å²) >= 11 is 1.49. The Hall–Kier alpha value is -1.88. The molecule has 1 N–H and O–H groups in total. The molecule has 2 aromatic rings. The van der Waals surface area contributed by atoms with Crippen molar-refractivity contribution in [2.75, 3.05) is 44.7 Å². The number of aliphatic imine (C=N–C) groups is 1. The summed E-state index contributed by atoms with van der Waals surface area (Å²) < 4.78 is 10.1. The lowest BCUT2D eigenvalue weighted by atomic mass is 10.2. The van der Waals surface area contributed by atoms with Crippen LogP contribution in [-0.4, -0.2) is 60.1 Å². The molecule has 0 atom stereocenters. The summed E-state index contributed by atoms with van der Waals surface area (Å²) in [7, 11) is 1.83. The first-order valence-corrected chi connectivity index (χ1v) is 10.4. The highest BCUT2D eigenvalue weighted by Crippen LogP contribution is 2.20. The SMILES string of the molecule is C=CCOc1ccccc1CNC(=NC)N1CCN(c2nc(CC)ns2)CC1.I. The van der Waals surface area contributed by atoms with E-state index in [9.17, 15) is 0 Å². The number of nitrogens with zero attached hydrogens (tertiary/aromatic N) is 5. The van der Waals surface area contributed by atoms with Gasteiger partial charge in [-0.05, 0) is 6.07 Å². The molecule has 0 bridgehead atoms. The molecule has 1 aromatic heterocycles. The summed E-state index contributed by atoms with van der Waals surface area (Å²) in [4.78, 5) is 13.7. The number of hydrogen-bond acceptors (Lipinski definition) is 6. The predicted molar refractivity (Wildman–Crippen MR) is 131 cm³/mol. The first-order valence-electron chi connectivity index (χ1n) is 9.59. The zero-order chi connectivity index (χ0) is 19.8. The highest BCUT2D eigenvalue weighted by molar-refractivity contribution is 14.0. The average molecular weight is 528 g/mol. The van der Waals surface area contributed by atoms with Gasteiger partial charge in [0, 0.05) is 63.3 Å². The van der Waals surface area contributed by atoms with E-state index in [-0.39, 0.29) is 24.0 Å². The summed E-state index contributed by atoms with van der Waals surface area (Å²) in [6, 6.07) is 8.05. The number of anilines is 1. The molecule has 9 heteroatoms. The molecule has 29 heavy (non-hydrogen) atoms. The highest BCUT2D eigenvalue weighted by atomic mass is 127. The van der Waals surface area contributed by atoms with Gasteiger partial charge in [0.15, 0.2) is 5.96 Å². The van der Waals surface area contributed by atoms with E-state index in [4.69, 9.17) is 4.74 Å². The van der Waals surface area contributed by atoms with Crippen molar-refractivity contribution in [3.8, 4) is 5.75 Å². The average Bonchev–Trinajstić information content (AvgIpc) is 3.23. The molecule has 0 amide bonds. The standard InChI is InChI=1S/C20H28N6OS.HI/c1-4-14-27-17-9-7-6-8-16(17)15-22-19(21-3)25-10-12-26(13-11-25)20-23-18(5-2)24-28-20;/h4,6-9H,1,5,10-15H2,2-3H3,(H,21,22);1H. The summed E-state index contributed by atoms with van der Waals surface area (Å²) in [5.74, 6) is 2.71. The van der Waals surface area contributed by atoms with Gasteiger partial charge in [-0.1, -0.05) is 37.8 Å². The molecular formula is C20H29IN6OS. The van der Waals surface area contributed by atoms with Gasteiger partial charge < -0.3 is 19.9 Å². The van der Waals surface area contributed by atoms with Crippen molar-refractivity contribution in [1.29, 1.82) is 0 Å². The molecule has 0 aliphatic carbocycles. The molecule has 1 aromatic carbocycles. The van der Waals surface area contributed by atoms with E-state index in [1.807, 2.05) is 25.2 Å². The Balaban J connectivity index is 0.00000300. The maximum absolute atomic E-state index is 5.74. The largest absolute Gasteiger partial charge is 0.489 e. The van der Waals surface area contributed by atoms with Crippen LogP contribution in [0.2, 0.25) is 0 Å². The van der Waals surface area contributed by atoms with E-state index in [2.05, 4.69) is 49.0 Å². The number of ether oxygens (including phenoxy) is 1. The van der Waals surface area contributed by atoms with E-state index in [0.717, 1.165) is 60.8 Å². The van der Waals surface area contributed by atoms with Crippen molar-refractivity contribution >= 4 is 46.6 Å². The summed E-state index contributed by atoms with van der Waals surface area (Å²) in [5, 5.41) is 4.49. The van der Waals surface area contributed by atoms with Crippen LogP contribution in [0.1, 0.15) is 18.3 Å². The molecule has 7 nitrogen and oxygen atoms in total. The Bertz CT molecular complexity index is 804. The lowest BCUT2D eigenvalue weighted by molar-refractivity contribution is 0.356. The molecule has 0 saturated carbocycles. The molecule has 0 radical (unpaired) electrons. The number of rotatable bonds is 7. The molecule has 1 aliphatic rings. The minimum absolute atomic E-state index is 0. The van der Waals surface area contributed by atoms with Gasteiger partial charge in [-0.15, -0.1) is 24.0 Å². The number of para-hydroxylation sites is 1. The van der Waals surface area contributed by atoms with E-state index < -0.39 is 0 Å². The Morgan fingerprint density at radius 1 is 1.31 bits per heavy atom. The van der Waals surface area contributed by atoms with Gasteiger partial charge in [0.1, 0.15) is 18.2 Å². The lowest BCUT2D eigenvalue weighted by Gasteiger charge is -2.36. The van der Waals surface area contributed by atoms with Crippen LogP contribution in [0.15, 0.2) is 41.9 Å². The Morgan fingerprint density at radius 2 is 2.07 bits per heavy atom. The molecule has 2 heterocycles. The Kier molecular flexibility index (Phi) is 9.65. The first kappa shape index (κ1) is 23.4. The quantitative estimate of drug-likeness (QED) is 0.258. The molecule has 3 rings (SSSR count). The van der Waals surface area contributed by atoms with Gasteiger partial charge in [0.05, 0.1) is 0 Å². The zero-order valence-electron chi connectivity index (χ0n) is 17.0. The Morgan fingerprint density at radius 3 is 2.72 bits per heavy atom. The lowest BCUT2D eigenvalue weighted by Crippen LogP contribution is -2.52. The van der Waals surface area contributed by atoms with Crippen LogP contribution in [0.25, 0.3) is 0 Å². The third-order valence-electron chi connectivity index (χ3n) is 4.60. The zero-order valence-corrected chi connectivity index (χ0v) is 20.2. The van der Waals surface area contributed by atoms with E-state index in [1.165, 1.54) is 11.5 Å². The third-order valence-corrected chi connectivity index (χ3v) is 5.42. The predicted octanol–water partition coefficient (Wildman–Crippen LogP) is 3.18. The van der Waals surface area contributed by atoms with Crippen molar-refractivity contribution in [2.45, 2.75) is 19.9 Å². The summed E-state index contributed by atoms with van der Waals surface area (Å²) in [6.07, 6.45) is 2.63. The minimum Gasteiger partial charge on any atom is -0.489 e. The number of hydrogen-bond donors (Lipinski definition) is 1. The van der Waals surface area contributed by atoms with Crippen LogP contribution < -0.4 is 15.0 Å². The number of halogens is 1. The maximum Gasteiger partial charge on any atom is 0.205 e. The second-order valence-corrected chi connectivity index (χ2v) is 7.16. The number of benzene rings is 1. The van der Waals surface area contributed by atoms with Crippen molar-refractivity contribution in [2.24, 2.45) is 4.99 Å². The van der Waals surface area contributed by atoms with Crippen molar-refractivity contribution in [3.05, 3.63) is 48.3 Å². The minimum atomic E-state index is 0. The highest BCUT2D eigenvalue weighted by Gasteiger charge is 2.22.